The Labute approximate surface area is 140 Å². The molecule has 2 aromatic carbocycles. The Hall–Kier alpha value is -1.65. The molecule has 116 valence electrons. The minimum Gasteiger partial charge on any atom is -0.493 e. The number of amides is 1. The minimum atomic E-state index is -0.0599. The van der Waals surface area contributed by atoms with Gasteiger partial charge in [-0.1, -0.05) is 23.7 Å². The van der Waals surface area contributed by atoms with E-state index in [0.717, 1.165) is 11.4 Å². The number of ether oxygens (including phenoxy) is 1. The van der Waals surface area contributed by atoms with Crippen LogP contribution in [0.1, 0.15) is 12.0 Å². The molecule has 0 heterocycles. The molecule has 5 heteroatoms. The number of benzene rings is 2. The van der Waals surface area contributed by atoms with Crippen LogP contribution in [-0.4, -0.2) is 18.8 Å². The van der Waals surface area contributed by atoms with Crippen molar-refractivity contribution in [3.8, 4) is 5.75 Å². The van der Waals surface area contributed by atoms with E-state index >= 15 is 0 Å². The highest BCUT2D eigenvalue weighted by atomic mass is 35.5. The highest BCUT2D eigenvalue weighted by Gasteiger charge is 2.04. The van der Waals surface area contributed by atoms with Crippen LogP contribution in [0.15, 0.2) is 48.5 Å². The van der Waals surface area contributed by atoms with Crippen LogP contribution >= 0.6 is 23.4 Å². The number of hydrogen-bond acceptors (Lipinski definition) is 3. The van der Waals surface area contributed by atoms with E-state index in [9.17, 15) is 4.79 Å². The van der Waals surface area contributed by atoms with Crippen LogP contribution in [0.4, 0.5) is 5.69 Å². The number of halogens is 1. The first-order chi connectivity index (χ1) is 10.7. The van der Waals surface area contributed by atoms with Gasteiger partial charge in [-0.05, 0) is 48.2 Å². The van der Waals surface area contributed by atoms with Gasteiger partial charge in [-0.15, -0.1) is 0 Å². The lowest BCUT2D eigenvalue weighted by Crippen LogP contribution is -2.15. The zero-order valence-electron chi connectivity index (χ0n) is 12.3. The molecule has 0 fully saturated rings. The number of carbonyl (C=O) groups is 1. The van der Waals surface area contributed by atoms with Crippen LogP contribution in [0.5, 0.6) is 5.75 Å². The number of hydrogen-bond donors (Lipinski definition) is 1. The summed E-state index contributed by atoms with van der Waals surface area (Å²) in [7, 11) is 0. The second kappa shape index (κ2) is 8.71. The van der Waals surface area contributed by atoms with Crippen LogP contribution < -0.4 is 10.1 Å². The van der Waals surface area contributed by atoms with E-state index < -0.39 is 0 Å². The molecular formula is C17H18ClNO2S. The fraction of sp³-hybridized carbons (Fsp3) is 0.235. The molecule has 0 unspecified atom stereocenters. The van der Waals surface area contributed by atoms with Gasteiger partial charge >= 0.3 is 0 Å². The summed E-state index contributed by atoms with van der Waals surface area (Å²) in [5.74, 6) is 1.58. The highest BCUT2D eigenvalue weighted by Crippen LogP contribution is 2.17. The molecule has 1 N–H and O–H groups in total. The van der Waals surface area contributed by atoms with Crippen molar-refractivity contribution in [2.75, 3.05) is 18.2 Å². The lowest BCUT2D eigenvalue weighted by atomic mass is 10.2. The van der Waals surface area contributed by atoms with E-state index in [1.165, 1.54) is 5.56 Å². The van der Waals surface area contributed by atoms with E-state index in [1.807, 2.05) is 18.2 Å². The van der Waals surface area contributed by atoms with Crippen molar-refractivity contribution in [1.29, 1.82) is 0 Å². The molecule has 1 amide bonds. The molecule has 0 bridgehead atoms. The Bertz CT molecular complexity index is 616. The topological polar surface area (TPSA) is 38.3 Å². The van der Waals surface area contributed by atoms with Gasteiger partial charge in [0.15, 0.2) is 0 Å². The fourth-order valence-electron chi connectivity index (χ4n) is 1.92. The summed E-state index contributed by atoms with van der Waals surface area (Å²) in [6.45, 7) is 0.331. The second-order valence-electron chi connectivity index (χ2n) is 4.73. The van der Waals surface area contributed by atoms with Gasteiger partial charge in [0.05, 0.1) is 13.0 Å². The summed E-state index contributed by atoms with van der Waals surface area (Å²) >= 11 is 7.55. The standard InChI is InChI=1S/C17H18ClNO2S/c1-22-12-13-3-2-4-15(11-13)19-17(20)9-10-21-16-7-5-14(18)6-8-16/h2-8,11H,9-10,12H2,1H3,(H,19,20). The normalized spacial score (nSPS) is 10.3. The van der Waals surface area contributed by atoms with Gasteiger partial charge in [0, 0.05) is 16.5 Å². The van der Waals surface area contributed by atoms with Crippen molar-refractivity contribution < 1.29 is 9.53 Å². The van der Waals surface area contributed by atoms with Gasteiger partial charge in [-0.3, -0.25) is 4.79 Å². The van der Waals surface area contributed by atoms with Crippen LogP contribution in [0.3, 0.4) is 0 Å². The van der Waals surface area contributed by atoms with Gasteiger partial charge < -0.3 is 10.1 Å². The molecule has 0 aliphatic carbocycles. The van der Waals surface area contributed by atoms with E-state index in [2.05, 4.69) is 17.6 Å². The summed E-state index contributed by atoms with van der Waals surface area (Å²) < 4.78 is 5.51. The predicted octanol–water partition coefficient (Wildman–Crippen LogP) is 4.61. The van der Waals surface area contributed by atoms with Gasteiger partial charge in [0.25, 0.3) is 0 Å². The monoisotopic (exact) mass is 335 g/mol. The Morgan fingerprint density at radius 2 is 2.00 bits per heavy atom. The van der Waals surface area contributed by atoms with Gasteiger partial charge in [-0.2, -0.15) is 11.8 Å². The molecule has 0 aliphatic rings. The molecule has 0 spiro atoms. The first-order valence-corrected chi connectivity index (χ1v) is 8.70. The first-order valence-electron chi connectivity index (χ1n) is 6.93. The van der Waals surface area contributed by atoms with Crippen molar-refractivity contribution >= 4 is 35.0 Å². The SMILES string of the molecule is CSCc1cccc(NC(=O)CCOc2ccc(Cl)cc2)c1. The third-order valence-corrected chi connectivity index (χ3v) is 3.81. The fourth-order valence-corrected chi connectivity index (χ4v) is 2.56. The summed E-state index contributed by atoms with van der Waals surface area (Å²) in [5.41, 5.74) is 2.02. The van der Waals surface area contributed by atoms with Gasteiger partial charge in [0.1, 0.15) is 5.75 Å². The average Bonchev–Trinajstić information content (AvgIpc) is 2.50. The average molecular weight is 336 g/mol. The third-order valence-electron chi connectivity index (χ3n) is 2.93. The third kappa shape index (κ3) is 5.62. The Balaban J connectivity index is 1.78. The molecule has 0 atom stereocenters. The minimum absolute atomic E-state index is 0.0599. The zero-order valence-corrected chi connectivity index (χ0v) is 13.9. The molecule has 22 heavy (non-hydrogen) atoms. The second-order valence-corrected chi connectivity index (χ2v) is 6.04. The summed E-state index contributed by atoms with van der Waals surface area (Å²) in [6, 6.07) is 15.0. The lowest BCUT2D eigenvalue weighted by molar-refractivity contribution is -0.116. The maximum Gasteiger partial charge on any atom is 0.227 e. The quantitative estimate of drug-likeness (QED) is 0.803. The van der Waals surface area contributed by atoms with Crippen LogP contribution in [0, 0.1) is 0 Å². The van der Waals surface area contributed by atoms with Crippen molar-refractivity contribution in [2.24, 2.45) is 0 Å². The molecule has 0 saturated carbocycles. The Kier molecular flexibility index (Phi) is 6.62. The van der Waals surface area contributed by atoms with Crippen molar-refractivity contribution in [1.82, 2.24) is 0 Å². The maximum atomic E-state index is 11.9. The number of anilines is 1. The lowest BCUT2D eigenvalue weighted by Gasteiger charge is -2.08. The molecule has 3 nitrogen and oxygen atoms in total. The first kappa shape index (κ1) is 16.7. The highest BCUT2D eigenvalue weighted by molar-refractivity contribution is 7.97. The van der Waals surface area contributed by atoms with E-state index in [0.29, 0.717) is 23.8 Å². The molecule has 0 aliphatic heterocycles. The van der Waals surface area contributed by atoms with Crippen molar-refractivity contribution in [2.45, 2.75) is 12.2 Å². The Morgan fingerprint density at radius 1 is 1.23 bits per heavy atom. The van der Waals surface area contributed by atoms with E-state index in [4.69, 9.17) is 16.3 Å². The Morgan fingerprint density at radius 3 is 2.73 bits per heavy atom. The number of nitrogens with one attached hydrogen (secondary N) is 1. The predicted molar refractivity (Wildman–Crippen MR) is 93.9 cm³/mol. The summed E-state index contributed by atoms with van der Waals surface area (Å²) in [5, 5.41) is 3.55. The van der Waals surface area contributed by atoms with Crippen molar-refractivity contribution in [3.05, 3.63) is 59.1 Å². The largest absolute Gasteiger partial charge is 0.493 e. The van der Waals surface area contributed by atoms with Crippen molar-refractivity contribution in [3.63, 3.8) is 0 Å². The molecule has 0 aromatic heterocycles. The van der Waals surface area contributed by atoms with E-state index in [-0.39, 0.29) is 5.91 Å². The van der Waals surface area contributed by atoms with Crippen LogP contribution in [-0.2, 0) is 10.5 Å². The summed E-state index contributed by atoms with van der Waals surface area (Å²) in [6.07, 6.45) is 2.36. The molecular weight excluding hydrogens is 318 g/mol. The number of rotatable bonds is 7. The summed E-state index contributed by atoms with van der Waals surface area (Å²) in [4.78, 5) is 11.9. The smallest absolute Gasteiger partial charge is 0.227 e. The molecule has 0 saturated heterocycles. The van der Waals surface area contributed by atoms with Gasteiger partial charge in [-0.25, -0.2) is 0 Å². The molecule has 0 radical (unpaired) electrons. The van der Waals surface area contributed by atoms with E-state index in [1.54, 1.807) is 36.0 Å². The number of thioether (sulfide) groups is 1. The molecule has 2 rings (SSSR count). The number of carbonyl (C=O) groups excluding carboxylic acids is 1. The van der Waals surface area contributed by atoms with Crippen LogP contribution in [0.2, 0.25) is 5.02 Å². The van der Waals surface area contributed by atoms with Crippen LogP contribution in [0.25, 0.3) is 0 Å². The van der Waals surface area contributed by atoms with Gasteiger partial charge in [0.2, 0.25) is 5.91 Å². The molecule has 2 aromatic rings. The maximum absolute atomic E-state index is 11.9. The zero-order chi connectivity index (χ0) is 15.8.